The summed E-state index contributed by atoms with van der Waals surface area (Å²) in [5, 5.41) is 2.91. The first kappa shape index (κ1) is 17.5. The number of ether oxygens (including phenoxy) is 2. The van der Waals surface area contributed by atoms with Crippen LogP contribution in [0.1, 0.15) is 39.0 Å². The topological polar surface area (TPSA) is 84.9 Å². The lowest BCUT2D eigenvalue weighted by atomic mass is 10.1. The zero-order valence-electron chi connectivity index (χ0n) is 14.1. The van der Waals surface area contributed by atoms with Crippen LogP contribution in [0.2, 0.25) is 0 Å². The van der Waals surface area contributed by atoms with Gasteiger partial charge >= 0.3 is 5.97 Å². The predicted molar refractivity (Wildman–Crippen MR) is 84.9 cm³/mol. The Bertz CT molecular complexity index is 562. The van der Waals surface area contributed by atoms with E-state index in [9.17, 15) is 9.59 Å². The molecule has 0 radical (unpaired) electrons. The Balaban J connectivity index is 1.94. The lowest BCUT2D eigenvalue weighted by Crippen LogP contribution is -3.14. The molecular weight excluding hydrogens is 298 g/mol. The molecule has 0 saturated carbocycles. The number of carbonyl (C=O) groups is 2. The molecule has 1 saturated heterocycles. The highest BCUT2D eigenvalue weighted by atomic mass is 16.5. The van der Waals surface area contributed by atoms with Gasteiger partial charge in [0.25, 0.3) is 5.91 Å². The molecule has 0 atom stereocenters. The lowest BCUT2D eigenvalue weighted by molar-refractivity contribution is -0.906. The Morgan fingerprint density at radius 3 is 2.65 bits per heavy atom. The summed E-state index contributed by atoms with van der Waals surface area (Å²) in [6, 6.07) is 0. The highest BCUT2D eigenvalue weighted by Gasteiger charge is 2.23. The third-order valence-electron chi connectivity index (χ3n) is 4.11. The van der Waals surface area contributed by atoms with Gasteiger partial charge in [0, 0.05) is 5.69 Å². The van der Waals surface area contributed by atoms with Crippen LogP contribution >= 0.6 is 0 Å². The largest absolute Gasteiger partial charge is 0.462 e. The van der Waals surface area contributed by atoms with Gasteiger partial charge in [-0.1, -0.05) is 0 Å². The number of aromatic amines is 1. The zero-order valence-corrected chi connectivity index (χ0v) is 14.1. The fraction of sp³-hybridized carbons (Fsp3) is 0.625. The van der Waals surface area contributed by atoms with Crippen molar-refractivity contribution in [1.29, 1.82) is 0 Å². The van der Waals surface area contributed by atoms with E-state index >= 15 is 0 Å². The molecule has 1 fully saturated rings. The molecular formula is C16H26N3O4+. The number of hydrogen-bond donors (Lipinski definition) is 3. The number of esters is 1. The SMILES string of the molecule is CCOC(=O)c1c(C)[nH]c(C(=O)NCC[NH+]2CCOCC2)c1C. The van der Waals surface area contributed by atoms with E-state index in [4.69, 9.17) is 9.47 Å². The van der Waals surface area contributed by atoms with Gasteiger partial charge < -0.3 is 24.7 Å². The van der Waals surface area contributed by atoms with Crippen molar-refractivity contribution in [2.75, 3.05) is 46.0 Å². The van der Waals surface area contributed by atoms with Crippen molar-refractivity contribution in [3.63, 3.8) is 0 Å². The molecule has 3 N–H and O–H groups in total. The molecule has 0 bridgehead atoms. The summed E-state index contributed by atoms with van der Waals surface area (Å²) in [7, 11) is 0. The van der Waals surface area contributed by atoms with E-state index in [0.29, 0.717) is 35.7 Å². The van der Waals surface area contributed by atoms with E-state index < -0.39 is 5.97 Å². The number of H-pyrrole nitrogens is 1. The summed E-state index contributed by atoms with van der Waals surface area (Å²) in [4.78, 5) is 28.7. The van der Waals surface area contributed by atoms with Gasteiger partial charge in [-0.15, -0.1) is 0 Å². The normalized spacial score (nSPS) is 15.4. The van der Waals surface area contributed by atoms with Crippen LogP contribution in [0.15, 0.2) is 0 Å². The summed E-state index contributed by atoms with van der Waals surface area (Å²) in [6.07, 6.45) is 0. The number of morpholine rings is 1. The quantitative estimate of drug-likeness (QED) is 0.613. The van der Waals surface area contributed by atoms with Gasteiger partial charge in [-0.25, -0.2) is 4.79 Å². The van der Waals surface area contributed by atoms with Crippen molar-refractivity contribution in [2.45, 2.75) is 20.8 Å². The smallest absolute Gasteiger partial charge is 0.340 e. The van der Waals surface area contributed by atoms with E-state index in [1.165, 1.54) is 4.90 Å². The monoisotopic (exact) mass is 324 g/mol. The van der Waals surface area contributed by atoms with Gasteiger partial charge in [0.2, 0.25) is 0 Å². The van der Waals surface area contributed by atoms with Crippen molar-refractivity contribution in [3.8, 4) is 0 Å². The maximum absolute atomic E-state index is 12.3. The van der Waals surface area contributed by atoms with Crippen molar-refractivity contribution < 1.29 is 24.0 Å². The predicted octanol–water partition coefficient (Wildman–Crippen LogP) is -0.547. The minimum atomic E-state index is -0.393. The van der Waals surface area contributed by atoms with Crippen molar-refractivity contribution in [3.05, 3.63) is 22.5 Å². The molecule has 128 valence electrons. The highest BCUT2D eigenvalue weighted by molar-refractivity contribution is 6.00. The van der Waals surface area contributed by atoms with Crippen LogP contribution in [-0.4, -0.2) is 62.9 Å². The van der Waals surface area contributed by atoms with Crippen molar-refractivity contribution >= 4 is 11.9 Å². The average molecular weight is 324 g/mol. The maximum Gasteiger partial charge on any atom is 0.340 e. The van der Waals surface area contributed by atoms with Crippen molar-refractivity contribution in [1.82, 2.24) is 10.3 Å². The van der Waals surface area contributed by atoms with Crippen molar-refractivity contribution in [2.24, 2.45) is 0 Å². The Kier molecular flexibility index (Phi) is 6.18. The molecule has 7 heteroatoms. The second-order valence-electron chi connectivity index (χ2n) is 5.71. The van der Waals surface area contributed by atoms with Crippen LogP contribution in [0, 0.1) is 13.8 Å². The number of quaternary nitrogens is 1. The van der Waals surface area contributed by atoms with E-state index in [1.807, 2.05) is 0 Å². The Morgan fingerprint density at radius 1 is 1.30 bits per heavy atom. The summed E-state index contributed by atoms with van der Waals surface area (Å²) in [6.45, 7) is 10.6. The standard InChI is InChI=1S/C16H25N3O4/c1-4-23-16(21)13-11(2)14(18-12(13)3)15(20)17-5-6-19-7-9-22-10-8-19/h18H,4-10H2,1-3H3,(H,17,20)/p+1. The lowest BCUT2D eigenvalue weighted by Gasteiger charge is -2.23. The number of aryl methyl sites for hydroxylation is 1. The fourth-order valence-corrected chi connectivity index (χ4v) is 2.84. The number of hydrogen-bond acceptors (Lipinski definition) is 4. The average Bonchev–Trinajstić information content (AvgIpc) is 2.83. The number of rotatable bonds is 6. The number of aromatic nitrogens is 1. The summed E-state index contributed by atoms with van der Waals surface area (Å²) >= 11 is 0. The second-order valence-corrected chi connectivity index (χ2v) is 5.71. The summed E-state index contributed by atoms with van der Waals surface area (Å²) in [5.41, 5.74) is 2.18. The van der Waals surface area contributed by atoms with Gasteiger partial charge in [0.15, 0.2) is 0 Å². The zero-order chi connectivity index (χ0) is 16.8. The van der Waals surface area contributed by atoms with Gasteiger partial charge in [-0.05, 0) is 26.3 Å². The molecule has 1 amide bonds. The molecule has 0 aromatic carbocycles. The third kappa shape index (κ3) is 4.33. The first-order valence-corrected chi connectivity index (χ1v) is 8.10. The first-order valence-electron chi connectivity index (χ1n) is 8.10. The first-order chi connectivity index (χ1) is 11.0. The highest BCUT2D eigenvalue weighted by Crippen LogP contribution is 2.18. The van der Waals surface area contributed by atoms with Gasteiger partial charge in [0.05, 0.1) is 38.5 Å². The Morgan fingerprint density at radius 2 is 2.00 bits per heavy atom. The molecule has 1 aromatic heterocycles. The summed E-state index contributed by atoms with van der Waals surface area (Å²) < 4.78 is 10.4. The minimum Gasteiger partial charge on any atom is -0.462 e. The Labute approximate surface area is 136 Å². The van der Waals surface area contributed by atoms with Gasteiger partial charge in [0.1, 0.15) is 18.8 Å². The molecule has 1 aromatic rings. The third-order valence-corrected chi connectivity index (χ3v) is 4.11. The van der Waals surface area contributed by atoms with Gasteiger partial charge in [-0.2, -0.15) is 0 Å². The second kappa shape index (κ2) is 8.12. The Hall–Kier alpha value is -1.86. The molecule has 0 aliphatic carbocycles. The molecule has 2 rings (SSSR count). The number of nitrogens with one attached hydrogen (secondary N) is 3. The molecule has 1 aliphatic heterocycles. The number of amides is 1. The van der Waals surface area contributed by atoms with Crippen LogP contribution in [0.3, 0.4) is 0 Å². The van der Waals surface area contributed by atoms with E-state index in [2.05, 4.69) is 10.3 Å². The number of carbonyl (C=O) groups excluding carboxylic acids is 2. The van der Waals surface area contributed by atoms with E-state index in [-0.39, 0.29) is 5.91 Å². The fourth-order valence-electron chi connectivity index (χ4n) is 2.84. The maximum atomic E-state index is 12.3. The minimum absolute atomic E-state index is 0.186. The van der Waals surface area contributed by atoms with Crippen LogP contribution in [-0.2, 0) is 9.47 Å². The van der Waals surface area contributed by atoms with E-state index in [0.717, 1.165) is 32.8 Å². The van der Waals surface area contributed by atoms with Crippen LogP contribution in [0.25, 0.3) is 0 Å². The van der Waals surface area contributed by atoms with Gasteiger partial charge in [-0.3, -0.25) is 4.79 Å². The summed E-state index contributed by atoms with van der Waals surface area (Å²) in [5.74, 6) is -0.579. The molecule has 23 heavy (non-hydrogen) atoms. The molecule has 1 aliphatic rings. The van der Waals surface area contributed by atoms with Crippen LogP contribution in [0.5, 0.6) is 0 Å². The molecule has 0 unspecified atom stereocenters. The van der Waals surface area contributed by atoms with E-state index in [1.54, 1.807) is 20.8 Å². The molecule has 7 nitrogen and oxygen atoms in total. The molecule has 0 spiro atoms. The van der Waals surface area contributed by atoms with Crippen LogP contribution < -0.4 is 10.2 Å². The molecule has 2 heterocycles. The van der Waals surface area contributed by atoms with Crippen LogP contribution in [0.4, 0.5) is 0 Å².